The largest absolute Gasteiger partial charge is 0.347 e. The van der Waals surface area contributed by atoms with Crippen molar-refractivity contribution in [3.8, 4) is 0 Å². The van der Waals surface area contributed by atoms with Crippen molar-refractivity contribution in [2.75, 3.05) is 24.5 Å². The number of anilines is 1. The van der Waals surface area contributed by atoms with E-state index in [-0.39, 0.29) is 41.2 Å². The second-order valence-corrected chi connectivity index (χ2v) is 10.3. The van der Waals surface area contributed by atoms with E-state index in [1.807, 2.05) is 30.9 Å². The number of nitrogens with one attached hydrogen (secondary N) is 3. The SMILES string of the molecule is C=CC(=O)N1CC[C@@H](NC(=O)C2=C3NC(=O)N(c4ccc(C)cc4C)C4CCNC(S2)C34)C1. The number of thioether (sulfide) groups is 1. The maximum atomic E-state index is 13.3. The highest BCUT2D eigenvalue weighted by Crippen LogP contribution is 2.48. The second kappa shape index (κ2) is 8.53. The van der Waals surface area contributed by atoms with Gasteiger partial charge >= 0.3 is 6.03 Å². The molecular formula is C24H29N5O3S. The van der Waals surface area contributed by atoms with Crippen molar-refractivity contribution in [1.82, 2.24) is 20.9 Å². The van der Waals surface area contributed by atoms with E-state index in [1.54, 1.807) is 4.90 Å². The number of aryl methyl sites for hydroxylation is 2. The molecule has 5 rings (SSSR count). The normalized spacial score (nSPS) is 28.5. The summed E-state index contributed by atoms with van der Waals surface area (Å²) in [5.74, 6) is -0.276. The molecule has 4 aliphatic rings. The molecule has 0 bridgehead atoms. The Balaban J connectivity index is 1.39. The molecule has 0 saturated carbocycles. The Bertz CT molecular complexity index is 1070. The number of hydrogen-bond acceptors (Lipinski definition) is 5. The fourth-order valence-electron chi connectivity index (χ4n) is 5.44. The Morgan fingerprint density at radius 1 is 1.27 bits per heavy atom. The number of urea groups is 1. The predicted octanol–water partition coefficient (Wildman–Crippen LogP) is 2.00. The second-order valence-electron chi connectivity index (χ2n) is 9.15. The molecule has 4 aliphatic heterocycles. The summed E-state index contributed by atoms with van der Waals surface area (Å²) in [4.78, 5) is 42.6. The molecule has 33 heavy (non-hydrogen) atoms. The van der Waals surface area contributed by atoms with Gasteiger partial charge in [0.1, 0.15) is 0 Å². The third-order valence-electron chi connectivity index (χ3n) is 6.97. The summed E-state index contributed by atoms with van der Waals surface area (Å²) in [7, 11) is 0. The van der Waals surface area contributed by atoms with Crippen LogP contribution >= 0.6 is 11.8 Å². The van der Waals surface area contributed by atoms with Gasteiger partial charge in [-0.25, -0.2) is 4.79 Å². The van der Waals surface area contributed by atoms with Crippen molar-refractivity contribution in [2.24, 2.45) is 5.92 Å². The first-order chi connectivity index (χ1) is 15.9. The van der Waals surface area contributed by atoms with Crippen LogP contribution in [0.2, 0.25) is 0 Å². The molecule has 1 aromatic carbocycles. The quantitative estimate of drug-likeness (QED) is 0.589. The zero-order valence-corrected chi connectivity index (χ0v) is 19.7. The summed E-state index contributed by atoms with van der Waals surface area (Å²) in [6, 6.07) is 5.84. The van der Waals surface area contributed by atoms with Crippen LogP contribution in [-0.4, -0.2) is 59.8 Å². The number of carbonyl (C=O) groups is 3. The van der Waals surface area contributed by atoms with Crippen LogP contribution in [0.1, 0.15) is 24.0 Å². The maximum Gasteiger partial charge on any atom is 0.326 e. The molecule has 0 spiro atoms. The van der Waals surface area contributed by atoms with Crippen LogP contribution in [-0.2, 0) is 9.59 Å². The minimum Gasteiger partial charge on any atom is -0.347 e. The molecule has 0 radical (unpaired) electrons. The molecule has 3 saturated heterocycles. The summed E-state index contributed by atoms with van der Waals surface area (Å²) < 4.78 is 0. The summed E-state index contributed by atoms with van der Waals surface area (Å²) in [5, 5.41) is 9.70. The van der Waals surface area contributed by atoms with E-state index >= 15 is 0 Å². The molecule has 8 nitrogen and oxygen atoms in total. The molecule has 9 heteroatoms. The van der Waals surface area contributed by atoms with E-state index in [1.165, 1.54) is 17.8 Å². The Morgan fingerprint density at radius 3 is 2.85 bits per heavy atom. The standard InChI is InChI=1S/C24H29N5O3S/c1-4-18(30)28-10-8-15(12-28)26-22(31)21-20-19-17(7-9-25-23(19)33-21)29(24(32)27-20)16-6-5-13(2)11-14(16)3/h4-6,11,15,17,19,23,25H,1,7-10,12H2,2-3H3,(H,26,31)(H,27,32)/t15-,17?,19?,23?/m1/s1. The molecular weight excluding hydrogens is 438 g/mol. The van der Waals surface area contributed by atoms with E-state index in [2.05, 4.69) is 28.6 Å². The van der Waals surface area contributed by atoms with Crippen molar-refractivity contribution in [2.45, 2.75) is 44.1 Å². The fraction of sp³-hybridized carbons (Fsp3) is 0.458. The lowest BCUT2D eigenvalue weighted by molar-refractivity contribution is -0.125. The molecule has 174 valence electrons. The van der Waals surface area contributed by atoms with Crippen LogP contribution in [0, 0.1) is 19.8 Å². The Kier molecular flexibility index (Phi) is 5.70. The van der Waals surface area contributed by atoms with Gasteiger partial charge in [0.25, 0.3) is 5.91 Å². The highest BCUT2D eigenvalue weighted by molar-refractivity contribution is 8.04. The van der Waals surface area contributed by atoms with Crippen molar-refractivity contribution in [3.63, 3.8) is 0 Å². The maximum absolute atomic E-state index is 13.3. The number of nitrogens with zero attached hydrogens (tertiary/aromatic N) is 2. The highest BCUT2D eigenvalue weighted by Gasteiger charge is 2.52. The number of carbonyl (C=O) groups excluding carboxylic acids is 3. The van der Waals surface area contributed by atoms with Gasteiger partial charge in [-0.05, 0) is 50.9 Å². The summed E-state index contributed by atoms with van der Waals surface area (Å²) in [6.07, 6.45) is 2.83. The van der Waals surface area contributed by atoms with Crippen molar-refractivity contribution >= 4 is 35.3 Å². The first kappa shape index (κ1) is 22.0. The number of likely N-dealkylation sites (tertiary alicyclic amines) is 1. The number of piperidine rings is 1. The average Bonchev–Trinajstić information content (AvgIpc) is 3.40. The summed E-state index contributed by atoms with van der Waals surface area (Å²) in [5.41, 5.74) is 3.87. The minimum atomic E-state index is -0.185. The molecule has 0 aromatic heterocycles. The number of benzene rings is 1. The summed E-state index contributed by atoms with van der Waals surface area (Å²) >= 11 is 1.50. The van der Waals surface area contributed by atoms with Crippen molar-refractivity contribution in [3.05, 3.63) is 52.6 Å². The van der Waals surface area contributed by atoms with E-state index in [9.17, 15) is 14.4 Å². The van der Waals surface area contributed by atoms with Gasteiger partial charge in [0.15, 0.2) is 0 Å². The van der Waals surface area contributed by atoms with Gasteiger partial charge in [-0.15, -0.1) is 0 Å². The zero-order chi connectivity index (χ0) is 23.3. The van der Waals surface area contributed by atoms with Crippen LogP contribution < -0.4 is 20.9 Å². The highest BCUT2D eigenvalue weighted by atomic mass is 32.2. The minimum absolute atomic E-state index is 0.00797. The van der Waals surface area contributed by atoms with Crippen LogP contribution in [0.3, 0.4) is 0 Å². The molecule has 4 heterocycles. The third-order valence-corrected chi connectivity index (χ3v) is 8.32. The Hall–Kier alpha value is -2.78. The third kappa shape index (κ3) is 3.83. The first-order valence-corrected chi connectivity index (χ1v) is 12.3. The van der Waals surface area contributed by atoms with Gasteiger partial charge < -0.3 is 20.9 Å². The van der Waals surface area contributed by atoms with E-state index < -0.39 is 0 Å². The zero-order valence-electron chi connectivity index (χ0n) is 18.9. The fourth-order valence-corrected chi connectivity index (χ4v) is 6.84. The Labute approximate surface area is 197 Å². The van der Waals surface area contributed by atoms with Gasteiger partial charge in [0, 0.05) is 36.4 Å². The van der Waals surface area contributed by atoms with E-state index in [4.69, 9.17) is 0 Å². The van der Waals surface area contributed by atoms with E-state index in [0.717, 1.165) is 35.5 Å². The number of amides is 4. The molecule has 3 fully saturated rings. The monoisotopic (exact) mass is 467 g/mol. The summed E-state index contributed by atoms with van der Waals surface area (Å²) in [6.45, 7) is 9.48. The van der Waals surface area contributed by atoms with Gasteiger partial charge in [-0.2, -0.15) is 0 Å². The molecule has 4 amide bonds. The lowest BCUT2D eigenvalue weighted by atomic mass is 9.86. The Morgan fingerprint density at radius 2 is 2.09 bits per heavy atom. The number of rotatable bonds is 4. The molecule has 3 N–H and O–H groups in total. The van der Waals surface area contributed by atoms with Crippen LogP contribution in [0.25, 0.3) is 0 Å². The van der Waals surface area contributed by atoms with Gasteiger partial charge in [-0.3, -0.25) is 14.5 Å². The number of hydrogen-bond donors (Lipinski definition) is 3. The van der Waals surface area contributed by atoms with Crippen LogP contribution in [0.4, 0.5) is 10.5 Å². The predicted molar refractivity (Wildman–Crippen MR) is 129 cm³/mol. The van der Waals surface area contributed by atoms with Crippen molar-refractivity contribution in [1.29, 1.82) is 0 Å². The average molecular weight is 468 g/mol. The lowest BCUT2D eigenvalue weighted by Crippen LogP contribution is -2.62. The van der Waals surface area contributed by atoms with Gasteiger partial charge in [0.2, 0.25) is 5.91 Å². The topological polar surface area (TPSA) is 93.8 Å². The van der Waals surface area contributed by atoms with Crippen LogP contribution in [0.5, 0.6) is 0 Å². The van der Waals surface area contributed by atoms with Crippen molar-refractivity contribution < 1.29 is 14.4 Å². The van der Waals surface area contributed by atoms with E-state index in [0.29, 0.717) is 24.4 Å². The molecule has 0 aliphatic carbocycles. The molecule has 4 atom stereocenters. The lowest BCUT2D eigenvalue weighted by Gasteiger charge is -2.46. The molecule has 1 aromatic rings. The molecule has 3 unspecified atom stereocenters. The van der Waals surface area contributed by atoms with Gasteiger partial charge in [0.05, 0.1) is 16.3 Å². The first-order valence-electron chi connectivity index (χ1n) is 11.4. The van der Waals surface area contributed by atoms with Gasteiger partial charge in [-0.1, -0.05) is 36.0 Å². The smallest absolute Gasteiger partial charge is 0.326 e. The van der Waals surface area contributed by atoms with Crippen LogP contribution in [0.15, 0.2) is 41.5 Å².